The Hall–Kier alpha value is -2.28. The van der Waals surface area contributed by atoms with Crippen molar-refractivity contribution in [2.45, 2.75) is 20.8 Å². The first kappa shape index (κ1) is 23.0. The Bertz CT molecular complexity index is 900. The standard InChI is InChI=1S/C21H26Cl2N4O2/c1-6-27(4)13-24-19-9-15(3)20(10-14(19)2)29-12-21(26-28-5)25-16-7-8-17(22)18(23)11-16/h7-11,13H,6,12H2,1-5H3,(H,25,26). The summed E-state index contributed by atoms with van der Waals surface area (Å²) in [6.07, 6.45) is 1.83. The fourth-order valence-corrected chi connectivity index (χ4v) is 2.66. The minimum absolute atomic E-state index is 0.190. The highest BCUT2D eigenvalue weighted by Crippen LogP contribution is 2.29. The number of hydrogen-bond acceptors (Lipinski definition) is 4. The number of aliphatic imine (C=N–C) groups is 2. The Balaban J connectivity index is 2.16. The van der Waals surface area contributed by atoms with E-state index in [9.17, 15) is 0 Å². The van der Waals surface area contributed by atoms with Crippen LogP contribution in [-0.2, 0) is 4.84 Å². The number of nitrogens with zero attached hydrogens (tertiary/aromatic N) is 3. The lowest BCUT2D eigenvalue weighted by atomic mass is 10.1. The molecular weight excluding hydrogens is 411 g/mol. The van der Waals surface area contributed by atoms with Crippen LogP contribution >= 0.6 is 23.2 Å². The Morgan fingerprint density at radius 1 is 1.14 bits per heavy atom. The quantitative estimate of drug-likeness (QED) is 0.338. The minimum Gasteiger partial charge on any atom is -0.485 e. The molecule has 156 valence electrons. The topological polar surface area (TPSA) is 58.5 Å². The number of hydroxylamine groups is 1. The zero-order valence-corrected chi connectivity index (χ0v) is 18.8. The molecule has 0 aromatic heterocycles. The van der Waals surface area contributed by atoms with Crippen molar-refractivity contribution in [1.29, 1.82) is 0 Å². The molecule has 0 aliphatic rings. The zero-order valence-electron chi connectivity index (χ0n) is 17.3. The van der Waals surface area contributed by atoms with Crippen LogP contribution in [0.2, 0.25) is 10.0 Å². The first-order valence-electron chi connectivity index (χ1n) is 9.14. The molecular formula is C21H26Cl2N4O2. The van der Waals surface area contributed by atoms with Gasteiger partial charge in [0.05, 0.1) is 34.9 Å². The van der Waals surface area contributed by atoms with E-state index < -0.39 is 0 Å². The van der Waals surface area contributed by atoms with Gasteiger partial charge in [-0.25, -0.2) is 9.98 Å². The van der Waals surface area contributed by atoms with E-state index >= 15 is 0 Å². The van der Waals surface area contributed by atoms with Crippen LogP contribution in [0.15, 0.2) is 40.3 Å². The lowest BCUT2D eigenvalue weighted by Crippen LogP contribution is -2.28. The van der Waals surface area contributed by atoms with Crippen molar-refractivity contribution in [3.8, 4) is 5.75 Å². The summed E-state index contributed by atoms with van der Waals surface area (Å²) in [5.41, 5.74) is 6.29. The third-order valence-corrected chi connectivity index (χ3v) is 4.88. The normalized spacial score (nSPS) is 11.8. The summed E-state index contributed by atoms with van der Waals surface area (Å²) < 4.78 is 5.97. The number of rotatable bonds is 8. The van der Waals surface area contributed by atoms with Gasteiger partial charge in [-0.1, -0.05) is 23.2 Å². The van der Waals surface area contributed by atoms with Gasteiger partial charge in [0.25, 0.3) is 0 Å². The van der Waals surface area contributed by atoms with Crippen LogP contribution in [0.5, 0.6) is 5.75 Å². The second-order valence-electron chi connectivity index (χ2n) is 6.47. The molecule has 0 fully saturated rings. The second kappa shape index (κ2) is 11.0. The highest BCUT2D eigenvalue weighted by atomic mass is 35.5. The smallest absolute Gasteiger partial charge is 0.164 e. The van der Waals surface area contributed by atoms with Crippen molar-refractivity contribution < 1.29 is 9.57 Å². The average molecular weight is 437 g/mol. The number of halogens is 2. The lowest BCUT2D eigenvalue weighted by molar-refractivity contribution is 0.139. The van der Waals surface area contributed by atoms with Gasteiger partial charge in [-0.2, -0.15) is 0 Å². The van der Waals surface area contributed by atoms with Crippen LogP contribution in [-0.4, -0.2) is 44.4 Å². The first-order chi connectivity index (χ1) is 13.8. The lowest BCUT2D eigenvalue weighted by Gasteiger charge is -2.14. The van der Waals surface area contributed by atoms with Gasteiger partial charge in [0.2, 0.25) is 0 Å². The molecule has 0 unspecified atom stereocenters. The van der Waals surface area contributed by atoms with E-state index in [-0.39, 0.29) is 6.61 Å². The number of nitrogens with one attached hydrogen (secondary N) is 1. The molecule has 29 heavy (non-hydrogen) atoms. The van der Waals surface area contributed by atoms with Crippen LogP contribution in [0.3, 0.4) is 0 Å². The minimum atomic E-state index is 0.190. The predicted octanol–water partition coefficient (Wildman–Crippen LogP) is 5.48. The van der Waals surface area contributed by atoms with E-state index in [1.807, 2.05) is 44.3 Å². The Morgan fingerprint density at radius 2 is 1.90 bits per heavy atom. The number of amidine groups is 1. The van der Waals surface area contributed by atoms with Crippen LogP contribution in [0, 0.1) is 13.8 Å². The monoisotopic (exact) mass is 436 g/mol. The van der Waals surface area contributed by atoms with Crippen molar-refractivity contribution in [1.82, 2.24) is 10.4 Å². The van der Waals surface area contributed by atoms with Gasteiger partial charge in [0.1, 0.15) is 12.4 Å². The van der Waals surface area contributed by atoms with E-state index in [1.54, 1.807) is 18.2 Å². The van der Waals surface area contributed by atoms with Gasteiger partial charge in [0.15, 0.2) is 5.84 Å². The van der Waals surface area contributed by atoms with E-state index in [0.717, 1.165) is 29.1 Å². The predicted molar refractivity (Wildman–Crippen MR) is 122 cm³/mol. The first-order valence-corrected chi connectivity index (χ1v) is 9.89. The van der Waals surface area contributed by atoms with Gasteiger partial charge in [-0.15, -0.1) is 0 Å². The van der Waals surface area contributed by atoms with Gasteiger partial charge in [-0.3, -0.25) is 10.3 Å². The molecule has 2 rings (SSSR count). The fraction of sp³-hybridized carbons (Fsp3) is 0.333. The SMILES string of the molecule is CCN(C)C=Nc1cc(C)c(OCC(=Nc2ccc(Cl)c(Cl)c2)NOC)cc1C. The number of aryl methyl sites for hydroxylation is 2. The summed E-state index contributed by atoms with van der Waals surface area (Å²) in [5, 5.41) is 0.907. The molecule has 2 aromatic carbocycles. The molecule has 0 heterocycles. The molecule has 0 saturated carbocycles. The number of benzene rings is 2. The Labute approximate surface area is 182 Å². The summed E-state index contributed by atoms with van der Waals surface area (Å²) in [5.74, 6) is 1.25. The van der Waals surface area contributed by atoms with Crippen molar-refractivity contribution >= 4 is 46.8 Å². The van der Waals surface area contributed by atoms with Gasteiger partial charge < -0.3 is 9.64 Å². The maximum atomic E-state index is 6.06. The number of ether oxygens (including phenoxy) is 1. The molecule has 6 nitrogen and oxygen atoms in total. The van der Waals surface area contributed by atoms with Crippen molar-refractivity contribution in [3.63, 3.8) is 0 Å². The van der Waals surface area contributed by atoms with E-state index in [4.69, 9.17) is 32.8 Å². The molecule has 0 saturated heterocycles. The summed E-state index contributed by atoms with van der Waals surface area (Å²) in [7, 11) is 3.50. The molecule has 0 aliphatic heterocycles. The third-order valence-electron chi connectivity index (χ3n) is 4.14. The van der Waals surface area contributed by atoms with Crippen LogP contribution in [0.4, 0.5) is 11.4 Å². The van der Waals surface area contributed by atoms with Crippen molar-refractivity contribution in [3.05, 3.63) is 51.5 Å². The molecule has 1 N–H and O–H groups in total. The summed E-state index contributed by atoms with van der Waals surface area (Å²) in [6, 6.07) is 9.11. The van der Waals surface area contributed by atoms with Crippen LogP contribution in [0.1, 0.15) is 18.1 Å². The Morgan fingerprint density at radius 3 is 2.55 bits per heavy atom. The molecule has 8 heteroatoms. The largest absolute Gasteiger partial charge is 0.485 e. The maximum absolute atomic E-state index is 6.06. The molecule has 0 radical (unpaired) electrons. The van der Waals surface area contributed by atoms with Crippen molar-refractivity contribution in [2.75, 3.05) is 27.3 Å². The summed E-state index contributed by atoms with van der Waals surface area (Å²) >= 11 is 12.0. The highest BCUT2D eigenvalue weighted by molar-refractivity contribution is 6.42. The molecule has 0 amide bonds. The molecule has 0 spiro atoms. The molecule has 0 atom stereocenters. The van der Waals surface area contributed by atoms with E-state index in [0.29, 0.717) is 21.6 Å². The fourth-order valence-electron chi connectivity index (χ4n) is 2.37. The summed E-state index contributed by atoms with van der Waals surface area (Å²) in [6.45, 7) is 7.15. The average Bonchev–Trinajstić information content (AvgIpc) is 2.69. The van der Waals surface area contributed by atoms with Gasteiger partial charge >= 0.3 is 0 Å². The van der Waals surface area contributed by atoms with Crippen LogP contribution in [0.25, 0.3) is 0 Å². The molecule has 2 aromatic rings. The van der Waals surface area contributed by atoms with Gasteiger partial charge in [-0.05, 0) is 62.2 Å². The zero-order chi connectivity index (χ0) is 21.4. The van der Waals surface area contributed by atoms with Crippen molar-refractivity contribution in [2.24, 2.45) is 9.98 Å². The molecule has 0 aliphatic carbocycles. The summed E-state index contributed by atoms with van der Waals surface area (Å²) in [4.78, 5) is 16.0. The molecule has 0 bridgehead atoms. The third kappa shape index (κ3) is 6.92. The van der Waals surface area contributed by atoms with Gasteiger partial charge in [0, 0.05) is 13.6 Å². The van der Waals surface area contributed by atoms with E-state index in [1.165, 1.54) is 7.11 Å². The maximum Gasteiger partial charge on any atom is 0.164 e. The second-order valence-corrected chi connectivity index (χ2v) is 7.29. The Kier molecular flexibility index (Phi) is 8.76. The number of hydrogen-bond donors (Lipinski definition) is 1. The van der Waals surface area contributed by atoms with Crippen LogP contribution < -0.4 is 10.2 Å². The van der Waals surface area contributed by atoms with E-state index in [2.05, 4.69) is 22.4 Å². The highest BCUT2D eigenvalue weighted by Gasteiger charge is 2.08.